The number of unbranched alkanes of at least 4 members (excludes halogenated alkanes) is 10. The Kier molecular flexibility index (Phi) is 30.6. The fourth-order valence-electron chi connectivity index (χ4n) is 3.88. The molecule has 0 aromatic rings. The number of halogens is 1. The summed E-state index contributed by atoms with van der Waals surface area (Å²) in [6.07, 6.45) is 19.7. The molecular formula is C26H56ClNO2. The van der Waals surface area contributed by atoms with Crippen LogP contribution in [-0.2, 0) is 4.79 Å². The molecule has 0 rings (SSSR count). The van der Waals surface area contributed by atoms with E-state index < -0.39 is 5.97 Å². The van der Waals surface area contributed by atoms with Crippen LogP contribution in [0.1, 0.15) is 137 Å². The van der Waals surface area contributed by atoms with Gasteiger partial charge in [0.2, 0.25) is 0 Å². The van der Waals surface area contributed by atoms with E-state index in [1.807, 2.05) is 0 Å². The molecule has 1 N–H and O–H groups in total. The van der Waals surface area contributed by atoms with E-state index in [0.717, 1.165) is 12.8 Å². The summed E-state index contributed by atoms with van der Waals surface area (Å²) < 4.78 is 1.42. The Balaban J connectivity index is -0.000000497. The first-order valence-electron chi connectivity index (χ1n) is 13.1. The highest BCUT2D eigenvalue weighted by Crippen LogP contribution is 2.16. The molecule has 0 aromatic carbocycles. The molecule has 30 heavy (non-hydrogen) atoms. The number of carboxylic acids is 1. The summed E-state index contributed by atoms with van der Waals surface area (Å²) in [5.41, 5.74) is 0. The Morgan fingerprint density at radius 1 is 0.533 bits per heavy atom. The molecule has 0 fully saturated rings. The molecule has 184 valence electrons. The summed E-state index contributed by atoms with van der Waals surface area (Å²) >= 11 is 0. The van der Waals surface area contributed by atoms with Gasteiger partial charge in [-0.25, -0.2) is 0 Å². The lowest BCUT2D eigenvalue weighted by Crippen LogP contribution is -3.00. The number of hydrogen-bond donors (Lipinski definition) is 1. The van der Waals surface area contributed by atoms with Gasteiger partial charge in [-0.1, -0.05) is 98.8 Å². The highest BCUT2D eigenvalue weighted by Gasteiger charge is 2.24. The van der Waals surface area contributed by atoms with Crippen LogP contribution in [0.25, 0.3) is 0 Å². The lowest BCUT2D eigenvalue weighted by atomic mass is 10.1. The predicted molar refractivity (Wildman–Crippen MR) is 130 cm³/mol. The van der Waals surface area contributed by atoms with Gasteiger partial charge in [-0.15, -0.1) is 0 Å². The number of hydrogen-bond acceptors (Lipinski definition) is 1. The largest absolute Gasteiger partial charge is 1.00 e. The van der Waals surface area contributed by atoms with Crippen molar-refractivity contribution in [2.24, 2.45) is 0 Å². The van der Waals surface area contributed by atoms with E-state index >= 15 is 0 Å². The van der Waals surface area contributed by atoms with Crippen LogP contribution in [0.3, 0.4) is 0 Å². The van der Waals surface area contributed by atoms with Gasteiger partial charge in [0.15, 0.2) is 0 Å². The third-order valence-electron chi connectivity index (χ3n) is 5.94. The van der Waals surface area contributed by atoms with Gasteiger partial charge in [0.05, 0.1) is 26.2 Å². The Labute approximate surface area is 196 Å². The minimum absolute atomic E-state index is 0. The molecule has 3 nitrogen and oxygen atoms in total. The molecule has 0 atom stereocenters. The maximum Gasteiger partial charge on any atom is 0.303 e. The third-order valence-corrected chi connectivity index (χ3v) is 5.94. The van der Waals surface area contributed by atoms with Crippen molar-refractivity contribution in [3.63, 3.8) is 0 Å². The Morgan fingerprint density at radius 3 is 1.13 bits per heavy atom. The van der Waals surface area contributed by atoms with E-state index in [9.17, 15) is 4.79 Å². The number of nitrogens with zero attached hydrogens (tertiary/aromatic N) is 1. The molecule has 0 saturated carbocycles. The molecule has 0 aliphatic rings. The maximum atomic E-state index is 10.1. The zero-order valence-corrected chi connectivity index (χ0v) is 22.1. The summed E-state index contributed by atoms with van der Waals surface area (Å²) in [7, 11) is 0. The molecule has 0 amide bonds. The SMILES string of the molecule is CCCCCCCCCC(=O)O.CCCC[N+](CCCC)(CCCC)CCCC.[Cl-]. The second-order valence-corrected chi connectivity index (χ2v) is 8.92. The lowest BCUT2D eigenvalue weighted by Gasteiger charge is -2.39. The first-order valence-corrected chi connectivity index (χ1v) is 13.1. The molecule has 0 aliphatic carbocycles. The lowest BCUT2D eigenvalue weighted by molar-refractivity contribution is -0.929. The van der Waals surface area contributed by atoms with Crippen molar-refractivity contribution in [1.29, 1.82) is 0 Å². The average molecular weight is 450 g/mol. The first kappa shape index (κ1) is 34.3. The zero-order valence-electron chi connectivity index (χ0n) is 21.3. The molecule has 0 saturated heterocycles. The van der Waals surface area contributed by atoms with Crippen LogP contribution in [0.2, 0.25) is 0 Å². The summed E-state index contributed by atoms with van der Waals surface area (Å²) in [5, 5.41) is 8.35. The monoisotopic (exact) mass is 449 g/mol. The van der Waals surface area contributed by atoms with Gasteiger partial charge in [-0.05, 0) is 32.1 Å². The van der Waals surface area contributed by atoms with Crippen molar-refractivity contribution in [3.05, 3.63) is 0 Å². The fourth-order valence-corrected chi connectivity index (χ4v) is 3.88. The normalized spacial score (nSPS) is 10.8. The summed E-state index contributed by atoms with van der Waals surface area (Å²) in [4.78, 5) is 10.1. The molecule has 0 aromatic heterocycles. The van der Waals surface area contributed by atoms with E-state index in [1.165, 1.54) is 114 Å². The number of carbonyl (C=O) groups is 1. The summed E-state index contributed by atoms with van der Waals surface area (Å²) in [5.74, 6) is -0.663. The van der Waals surface area contributed by atoms with Gasteiger partial charge in [0.25, 0.3) is 0 Å². The topological polar surface area (TPSA) is 37.3 Å². The van der Waals surface area contributed by atoms with Crippen molar-refractivity contribution in [2.45, 2.75) is 137 Å². The van der Waals surface area contributed by atoms with Crippen LogP contribution in [0.5, 0.6) is 0 Å². The molecular weight excluding hydrogens is 394 g/mol. The van der Waals surface area contributed by atoms with E-state index in [1.54, 1.807) is 0 Å². The highest BCUT2D eigenvalue weighted by molar-refractivity contribution is 5.66. The number of aliphatic carboxylic acids is 1. The van der Waals surface area contributed by atoms with Crippen LogP contribution in [-0.4, -0.2) is 41.7 Å². The number of carboxylic acid groups (broad SMARTS) is 1. The Hall–Kier alpha value is -0.280. The van der Waals surface area contributed by atoms with Gasteiger partial charge in [0, 0.05) is 6.42 Å². The minimum atomic E-state index is -0.663. The van der Waals surface area contributed by atoms with E-state index in [-0.39, 0.29) is 12.4 Å². The molecule has 0 unspecified atom stereocenters. The van der Waals surface area contributed by atoms with Gasteiger partial charge in [-0.2, -0.15) is 0 Å². The van der Waals surface area contributed by atoms with Gasteiger partial charge in [-0.3, -0.25) is 4.79 Å². The van der Waals surface area contributed by atoms with Gasteiger partial charge in [0.1, 0.15) is 0 Å². The van der Waals surface area contributed by atoms with Crippen LogP contribution in [0, 0.1) is 0 Å². The number of rotatable bonds is 20. The number of quaternary nitrogens is 1. The first-order chi connectivity index (χ1) is 14.0. The van der Waals surface area contributed by atoms with Crippen molar-refractivity contribution in [1.82, 2.24) is 0 Å². The molecule has 0 heterocycles. The Bertz CT molecular complexity index is 299. The van der Waals surface area contributed by atoms with Crippen LogP contribution in [0.15, 0.2) is 0 Å². The van der Waals surface area contributed by atoms with Crippen molar-refractivity contribution in [3.8, 4) is 0 Å². The quantitative estimate of drug-likeness (QED) is 0.204. The maximum absolute atomic E-state index is 10.1. The average Bonchev–Trinajstić information content (AvgIpc) is 2.72. The molecule has 0 spiro atoms. The third kappa shape index (κ3) is 24.0. The van der Waals surface area contributed by atoms with Crippen LogP contribution >= 0.6 is 0 Å². The van der Waals surface area contributed by atoms with E-state index in [2.05, 4.69) is 34.6 Å². The smallest absolute Gasteiger partial charge is 0.303 e. The van der Waals surface area contributed by atoms with Crippen molar-refractivity contribution < 1.29 is 26.8 Å². The standard InChI is InChI=1S/C16H36N.C10H20O2.ClH/c1-5-9-13-17(14-10-6-2,15-11-7-3)16-12-8-4;1-2-3-4-5-6-7-8-9-10(11)12;/h5-16H2,1-4H3;2-9H2,1H3,(H,11,12);1H/q+1;;/p-1. The van der Waals surface area contributed by atoms with Crippen molar-refractivity contribution in [2.75, 3.05) is 26.2 Å². The molecule has 0 bridgehead atoms. The van der Waals surface area contributed by atoms with E-state index in [4.69, 9.17) is 5.11 Å². The minimum Gasteiger partial charge on any atom is -1.00 e. The van der Waals surface area contributed by atoms with Crippen molar-refractivity contribution >= 4 is 5.97 Å². The second kappa shape index (κ2) is 26.8. The van der Waals surface area contributed by atoms with Crippen LogP contribution in [0.4, 0.5) is 0 Å². The van der Waals surface area contributed by atoms with Gasteiger partial charge < -0.3 is 22.0 Å². The predicted octanol–water partition coefficient (Wildman–Crippen LogP) is 5.22. The van der Waals surface area contributed by atoms with Crippen LogP contribution < -0.4 is 12.4 Å². The molecule has 0 radical (unpaired) electrons. The van der Waals surface area contributed by atoms with Gasteiger partial charge >= 0.3 is 5.97 Å². The fraction of sp³-hybridized carbons (Fsp3) is 0.962. The Morgan fingerprint density at radius 2 is 0.833 bits per heavy atom. The zero-order chi connectivity index (χ0) is 22.2. The highest BCUT2D eigenvalue weighted by atomic mass is 35.5. The second-order valence-electron chi connectivity index (χ2n) is 8.92. The van der Waals surface area contributed by atoms with E-state index in [0.29, 0.717) is 6.42 Å². The summed E-state index contributed by atoms with van der Waals surface area (Å²) in [6, 6.07) is 0. The molecule has 4 heteroatoms. The molecule has 0 aliphatic heterocycles. The summed E-state index contributed by atoms with van der Waals surface area (Å²) in [6.45, 7) is 17.2.